The Labute approximate surface area is 106 Å². The third kappa shape index (κ3) is 3.66. The van der Waals surface area contributed by atoms with Crippen LogP contribution >= 0.6 is 11.8 Å². The summed E-state index contributed by atoms with van der Waals surface area (Å²) in [6, 6.07) is 7.84. The lowest BCUT2D eigenvalue weighted by Crippen LogP contribution is -2.29. The molecule has 1 aliphatic heterocycles. The molecule has 3 nitrogen and oxygen atoms in total. The van der Waals surface area contributed by atoms with Gasteiger partial charge in [-0.2, -0.15) is 0 Å². The van der Waals surface area contributed by atoms with Gasteiger partial charge in [0.25, 0.3) is 0 Å². The van der Waals surface area contributed by atoms with Gasteiger partial charge in [-0.15, -0.1) is 11.8 Å². The van der Waals surface area contributed by atoms with Crippen LogP contribution in [0.3, 0.4) is 0 Å². The number of anilines is 1. The minimum absolute atomic E-state index is 0.281. The van der Waals surface area contributed by atoms with E-state index in [1.54, 1.807) is 11.8 Å². The molecule has 0 unspecified atom stereocenters. The monoisotopic (exact) mass is 250 g/mol. The molecule has 0 bridgehead atoms. The quantitative estimate of drug-likeness (QED) is 0.833. The third-order valence-corrected chi connectivity index (χ3v) is 3.92. The van der Waals surface area contributed by atoms with Gasteiger partial charge in [-0.05, 0) is 30.5 Å². The van der Waals surface area contributed by atoms with E-state index in [2.05, 4.69) is 0 Å². The van der Waals surface area contributed by atoms with Crippen molar-refractivity contribution in [2.24, 2.45) is 0 Å². The summed E-state index contributed by atoms with van der Waals surface area (Å²) in [5.74, 6) is 1.74. The first-order valence-electron chi connectivity index (χ1n) is 5.95. The van der Waals surface area contributed by atoms with Gasteiger partial charge in [-0.25, -0.2) is 0 Å². The molecule has 0 aliphatic carbocycles. The molecule has 1 aromatic rings. The van der Waals surface area contributed by atoms with Gasteiger partial charge in [-0.1, -0.05) is 12.1 Å². The summed E-state index contributed by atoms with van der Waals surface area (Å²) in [5.41, 5.74) is 7.62. The Morgan fingerprint density at radius 3 is 2.53 bits per heavy atom. The fraction of sp³-hybridized carbons (Fsp3) is 0.462. The number of nitrogens with zero attached hydrogens (tertiary/aromatic N) is 1. The number of amides is 1. The summed E-state index contributed by atoms with van der Waals surface area (Å²) in [6.45, 7) is 1.89. The first-order chi connectivity index (χ1) is 8.25. The molecule has 0 aromatic heterocycles. The summed E-state index contributed by atoms with van der Waals surface area (Å²) >= 11 is 1.68. The predicted octanol–water partition coefficient (Wildman–Crippen LogP) is 2.12. The van der Waals surface area contributed by atoms with Crippen molar-refractivity contribution in [1.82, 2.24) is 4.90 Å². The van der Waals surface area contributed by atoms with Crippen LogP contribution in [-0.4, -0.2) is 29.6 Å². The predicted molar refractivity (Wildman–Crippen MR) is 72.8 cm³/mol. The molecule has 0 radical (unpaired) electrons. The van der Waals surface area contributed by atoms with Crippen LogP contribution in [0.4, 0.5) is 5.69 Å². The van der Waals surface area contributed by atoms with Crippen molar-refractivity contribution in [3.63, 3.8) is 0 Å². The molecule has 0 saturated carbocycles. The number of hydrogen-bond acceptors (Lipinski definition) is 3. The van der Waals surface area contributed by atoms with Gasteiger partial charge in [0.05, 0.1) is 5.75 Å². The standard InChI is InChI=1S/C13H18N2OS/c14-12-5-3-11(4-6-12)9-17-10-13(16)15-7-1-2-8-15/h3-6H,1-2,7-10,14H2. The molecular weight excluding hydrogens is 232 g/mol. The van der Waals surface area contributed by atoms with Gasteiger partial charge < -0.3 is 10.6 Å². The smallest absolute Gasteiger partial charge is 0.232 e. The van der Waals surface area contributed by atoms with Crippen molar-refractivity contribution in [2.45, 2.75) is 18.6 Å². The lowest BCUT2D eigenvalue weighted by atomic mass is 10.2. The molecular formula is C13H18N2OS. The maximum Gasteiger partial charge on any atom is 0.232 e. The van der Waals surface area contributed by atoms with Crippen LogP contribution in [0.2, 0.25) is 0 Å². The van der Waals surface area contributed by atoms with Crippen LogP contribution in [0.5, 0.6) is 0 Å². The third-order valence-electron chi connectivity index (χ3n) is 2.93. The number of hydrogen-bond donors (Lipinski definition) is 1. The average Bonchev–Trinajstić information content (AvgIpc) is 2.85. The number of likely N-dealkylation sites (tertiary alicyclic amines) is 1. The van der Waals surface area contributed by atoms with E-state index in [0.29, 0.717) is 5.75 Å². The lowest BCUT2D eigenvalue weighted by Gasteiger charge is -2.14. The van der Waals surface area contributed by atoms with Crippen LogP contribution in [0.1, 0.15) is 18.4 Å². The van der Waals surface area contributed by atoms with Crippen LogP contribution < -0.4 is 5.73 Å². The van der Waals surface area contributed by atoms with E-state index in [4.69, 9.17) is 5.73 Å². The van der Waals surface area contributed by atoms with E-state index in [9.17, 15) is 4.79 Å². The van der Waals surface area contributed by atoms with E-state index in [0.717, 1.165) is 37.4 Å². The average molecular weight is 250 g/mol. The van der Waals surface area contributed by atoms with Crippen molar-refractivity contribution in [3.8, 4) is 0 Å². The number of rotatable bonds is 4. The highest BCUT2D eigenvalue weighted by molar-refractivity contribution is 7.99. The van der Waals surface area contributed by atoms with Crippen molar-refractivity contribution in [2.75, 3.05) is 24.6 Å². The van der Waals surface area contributed by atoms with Crippen molar-refractivity contribution >= 4 is 23.4 Å². The molecule has 1 amide bonds. The second-order valence-electron chi connectivity index (χ2n) is 4.32. The first-order valence-corrected chi connectivity index (χ1v) is 7.11. The topological polar surface area (TPSA) is 46.3 Å². The SMILES string of the molecule is Nc1ccc(CSCC(=O)N2CCCC2)cc1. The van der Waals surface area contributed by atoms with Gasteiger partial charge in [0.2, 0.25) is 5.91 Å². The molecule has 17 heavy (non-hydrogen) atoms. The van der Waals surface area contributed by atoms with E-state index < -0.39 is 0 Å². The molecule has 0 spiro atoms. The number of carbonyl (C=O) groups is 1. The maximum atomic E-state index is 11.8. The van der Waals surface area contributed by atoms with Gasteiger partial charge in [0.1, 0.15) is 0 Å². The maximum absolute atomic E-state index is 11.8. The van der Waals surface area contributed by atoms with E-state index >= 15 is 0 Å². The second-order valence-corrected chi connectivity index (χ2v) is 5.31. The first kappa shape index (κ1) is 12.3. The Morgan fingerprint density at radius 1 is 1.24 bits per heavy atom. The summed E-state index contributed by atoms with van der Waals surface area (Å²) in [6.07, 6.45) is 2.32. The number of nitrogens with two attached hydrogens (primary N) is 1. The minimum Gasteiger partial charge on any atom is -0.399 e. The number of thioether (sulfide) groups is 1. The minimum atomic E-state index is 0.281. The van der Waals surface area contributed by atoms with Gasteiger partial charge >= 0.3 is 0 Å². The highest BCUT2D eigenvalue weighted by Gasteiger charge is 2.17. The van der Waals surface area contributed by atoms with Crippen LogP contribution in [-0.2, 0) is 10.5 Å². The Morgan fingerprint density at radius 2 is 1.88 bits per heavy atom. The Bertz CT molecular complexity index is 372. The van der Waals surface area contributed by atoms with Crippen LogP contribution in [0, 0.1) is 0 Å². The molecule has 2 N–H and O–H groups in total. The van der Waals surface area contributed by atoms with Crippen LogP contribution in [0.25, 0.3) is 0 Å². The zero-order valence-corrected chi connectivity index (χ0v) is 10.7. The van der Waals surface area contributed by atoms with Crippen molar-refractivity contribution in [3.05, 3.63) is 29.8 Å². The molecule has 4 heteroatoms. The van der Waals surface area contributed by atoms with E-state index in [-0.39, 0.29) is 5.91 Å². The fourth-order valence-corrected chi connectivity index (χ4v) is 2.82. The van der Waals surface area contributed by atoms with E-state index in [1.165, 1.54) is 5.56 Å². The fourth-order valence-electron chi connectivity index (χ4n) is 1.93. The number of carbonyl (C=O) groups excluding carboxylic acids is 1. The molecule has 1 saturated heterocycles. The Kier molecular flexibility index (Phi) is 4.31. The second kappa shape index (κ2) is 5.96. The molecule has 2 rings (SSSR count). The molecule has 1 fully saturated rings. The van der Waals surface area contributed by atoms with Gasteiger partial charge in [-0.3, -0.25) is 4.79 Å². The zero-order valence-electron chi connectivity index (χ0n) is 9.89. The summed E-state index contributed by atoms with van der Waals surface area (Å²) in [7, 11) is 0. The molecule has 1 aliphatic rings. The van der Waals surface area contributed by atoms with Gasteiger partial charge in [0, 0.05) is 24.5 Å². The Balaban J connectivity index is 1.72. The molecule has 1 heterocycles. The largest absolute Gasteiger partial charge is 0.399 e. The normalized spacial score (nSPS) is 15.2. The Hall–Kier alpha value is -1.16. The summed E-state index contributed by atoms with van der Waals surface area (Å²) < 4.78 is 0. The highest BCUT2D eigenvalue weighted by atomic mass is 32.2. The summed E-state index contributed by atoms with van der Waals surface area (Å²) in [4.78, 5) is 13.7. The highest BCUT2D eigenvalue weighted by Crippen LogP contribution is 2.16. The zero-order chi connectivity index (χ0) is 12.1. The van der Waals surface area contributed by atoms with Gasteiger partial charge in [0.15, 0.2) is 0 Å². The van der Waals surface area contributed by atoms with Crippen molar-refractivity contribution < 1.29 is 4.79 Å². The molecule has 1 aromatic carbocycles. The molecule has 92 valence electrons. The van der Waals surface area contributed by atoms with Crippen molar-refractivity contribution in [1.29, 1.82) is 0 Å². The lowest BCUT2D eigenvalue weighted by molar-refractivity contribution is -0.127. The summed E-state index contributed by atoms with van der Waals surface area (Å²) in [5, 5.41) is 0. The number of nitrogen functional groups attached to an aromatic ring is 1. The van der Waals surface area contributed by atoms with Crippen LogP contribution in [0.15, 0.2) is 24.3 Å². The molecule has 0 atom stereocenters. The number of benzene rings is 1. The van der Waals surface area contributed by atoms with E-state index in [1.807, 2.05) is 29.2 Å².